The molecule has 1 rings (SSSR count). The first-order valence-electron chi connectivity index (χ1n) is 4.72. The van der Waals surface area contributed by atoms with Crippen molar-refractivity contribution in [3.63, 3.8) is 0 Å². The number of amides is 2. The average Bonchev–Trinajstić information content (AvgIpc) is 2.74. The van der Waals surface area contributed by atoms with E-state index in [9.17, 15) is 9.35 Å². The van der Waals surface area contributed by atoms with Crippen molar-refractivity contribution in [1.29, 1.82) is 0 Å². The van der Waals surface area contributed by atoms with E-state index in [1.165, 1.54) is 14.1 Å². The van der Waals surface area contributed by atoms with Crippen molar-refractivity contribution >= 4 is 33.9 Å². The molecule has 7 nitrogen and oxygen atoms in total. The number of hydrogen-bond acceptors (Lipinski definition) is 6. The van der Waals surface area contributed by atoms with Crippen LogP contribution in [0.5, 0.6) is 0 Å². The molecule has 96 valence electrons. The monoisotopic (exact) mass is 277 g/mol. The molecular weight excluding hydrogens is 262 g/mol. The van der Waals surface area contributed by atoms with Crippen LogP contribution < -0.4 is 4.90 Å². The fourth-order valence-corrected chi connectivity index (χ4v) is 2.86. The molecule has 1 aromatic rings. The van der Waals surface area contributed by atoms with Crippen molar-refractivity contribution in [2.75, 3.05) is 40.1 Å². The summed E-state index contributed by atoms with van der Waals surface area (Å²) in [5.74, 6) is 0. The highest BCUT2D eigenvalue weighted by molar-refractivity contribution is 7.91. The van der Waals surface area contributed by atoms with E-state index in [4.69, 9.17) is 0 Å². The van der Waals surface area contributed by atoms with Gasteiger partial charge in [-0.25, -0.2) is 4.79 Å². The van der Waals surface area contributed by atoms with Crippen molar-refractivity contribution < 1.29 is 9.35 Å². The lowest BCUT2D eigenvalue weighted by atomic mass is 10.7. The molecule has 0 aliphatic carbocycles. The van der Waals surface area contributed by atoms with Gasteiger partial charge in [-0.1, -0.05) is 5.10 Å². The van der Waals surface area contributed by atoms with Crippen LogP contribution in [0.1, 0.15) is 0 Å². The molecule has 1 unspecified atom stereocenters. The van der Waals surface area contributed by atoms with E-state index in [1.54, 1.807) is 35.2 Å². The Kier molecular flexibility index (Phi) is 4.69. The molecule has 0 aromatic carbocycles. The Bertz CT molecular complexity index is 395. The van der Waals surface area contributed by atoms with Crippen molar-refractivity contribution in [3.8, 4) is 0 Å². The highest BCUT2D eigenvalue weighted by Crippen LogP contribution is 2.24. The third-order valence-corrected chi connectivity index (χ3v) is 4.35. The fourth-order valence-electron chi connectivity index (χ4n) is 0.947. The van der Waals surface area contributed by atoms with Gasteiger partial charge in [-0.15, -0.1) is 9.40 Å². The van der Waals surface area contributed by atoms with Crippen molar-refractivity contribution in [1.82, 2.24) is 19.4 Å². The number of urea groups is 1. The minimum atomic E-state index is -1.33. The Labute approximate surface area is 107 Å². The van der Waals surface area contributed by atoms with E-state index in [-0.39, 0.29) is 6.03 Å². The molecular formula is C8H15N5O2S2. The molecule has 2 amide bonds. The van der Waals surface area contributed by atoms with Gasteiger partial charge in [-0.2, -0.15) is 0 Å². The van der Waals surface area contributed by atoms with Gasteiger partial charge in [0.25, 0.3) is 0 Å². The van der Waals surface area contributed by atoms with E-state index in [2.05, 4.69) is 10.2 Å². The van der Waals surface area contributed by atoms with E-state index >= 15 is 0 Å². The topological polar surface area (TPSA) is 75.6 Å². The third kappa shape index (κ3) is 3.28. The molecule has 0 N–H and O–H groups in total. The second-order valence-electron chi connectivity index (χ2n) is 3.65. The van der Waals surface area contributed by atoms with Crippen LogP contribution in [0.4, 0.5) is 9.93 Å². The van der Waals surface area contributed by atoms with E-state index in [1.807, 2.05) is 0 Å². The normalized spacial score (nSPS) is 12.6. The molecule has 0 spiro atoms. The lowest BCUT2D eigenvalue weighted by Gasteiger charge is -2.18. The van der Waals surface area contributed by atoms with Crippen LogP contribution in [0.2, 0.25) is 0 Å². The molecule has 9 heteroatoms. The fraction of sp³-hybridized carbons (Fsp3) is 0.625. The number of carbonyl (C=O) groups is 1. The summed E-state index contributed by atoms with van der Waals surface area (Å²) in [5, 5.41) is 8.09. The van der Waals surface area contributed by atoms with Crippen LogP contribution in [0, 0.1) is 0 Å². The van der Waals surface area contributed by atoms with E-state index in [0.717, 1.165) is 11.3 Å². The molecule has 0 aliphatic heterocycles. The number of anilines is 1. The molecule has 17 heavy (non-hydrogen) atoms. The van der Waals surface area contributed by atoms with Gasteiger partial charge in [0.15, 0.2) is 0 Å². The summed E-state index contributed by atoms with van der Waals surface area (Å²) in [6.45, 7) is 0. The number of aromatic nitrogens is 2. The lowest BCUT2D eigenvalue weighted by molar-refractivity contribution is 0.225. The van der Waals surface area contributed by atoms with E-state index in [0.29, 0.717) is 9.47 Å². The van der Waals surface area contributed by atoms with Crippen LogP contribution in [-0.4, -0.2) is 65.2 Å². The zero-order chi connectivity index (χ0) is 13.2. The Morgan fingerprint density at radius 1 is 1.24 bits per heavy atom. The maximum Gasteiger partial charge on any atom is 0.345 e. The SMILES string of the molecule is CN(C)C(=O)N(C)c1nnc([S+]([O-])N(C)C)s1. The standard InChI is InChI=1S/C8H15N5O2S2/c1-11(2)8(14)13(5)6-9-10-7(16-6)17(15)12(3)4/h1-5H3. The number of rotatable bonds is 3. The summed E-state index contributed by atoms with van der Waals surface area (Å²) in [6, 6.07) is -0.205. The number of hydrogen-bond donors (Lipinski definition) is 0. The maximum atomic E-state index is 11.7. The molecule has 0 fully saturated rings. The second kappa shape index (κ2) is 5.63. The van der Waals surface area contributed by atoms with Gasteiger partial charge < -0.3 is 9.45 Å². The van der Waals surface area contributed by atoms with Crippen LogP contribution in [-0.2, 0) is 11.4 Å². The summed E-state index contributed by atoms with van der Waals surface area (Å²) in [4.78, 5) is 14.5. The van der Waals surface area contributed by atoms with Crippen LogP contribution in [0.15, 0.2) is 4.34 Å². The summed E-state index contributed by atoms with van der Waals surface area (Å²) in [5.41, 5.74) is 0. The minimum Gasteiger partial charge on any atom is -0.591 e. The van der Waals surface area contributed by atoms with Gasteiger partial charge in [-0.05, 0) is 11.3 Å². The largest absolute Gasteiger partial charge is 0.591 e. The highest BCUT2D eigenvalue weighted by atomic mass is 32.2. The molecule has 1 atom stereocenters. The van der Waals surface area contributed by atoms with Gasteiger partial charge >= 0.3 is 10.4 Å². The third-order valence-electron chi connectivity index (χ3n) is 1.83. The van der Waals surface area contributed by atoms with Crippen LogP contribution in [0.3, 0.4) is 0 Å². The summed E-state index contributed by atoms with van der Waals surface area (Å²) >= 11 is -0.191. The first-order valence-corrected chi connectivity index (χ1v) is 6.64. The Balaban J connectivity index is 2.84. The van der Waals surface area contributed by atoms with Gasteiger partial charge in [-0.3, -0.25) is 4.90 Å². The number of carbonyl (C=O) groups excluding carboxylic acids is 1. The first-order chi connectivity index (χ1) is 7.84. The lowest BCUT2D eigenvalue weighted by Crippen LogP contribution is -2.36. The molecule has 1 aromatic heterocycles. The maximum absolute atomic E-state index is 11.7. The Morgan fingerprint density at radius 2 is 1.82 bits per heavy atom. The van der Waals surface area contributed by atoms with Crippen molar-refractivity contribution in [3.05, 3.63) is 0 Å². The Morgan fingerprint density at radius 3 is 2.29 bits per heavy atom. The minimum absolute atomic E-state index is 0.205. The zero-order valence-corrected chi connectivity index (χ0v) is 12.0. The van der Waals surface area contributed by atoms with Crippen molar-refractivity contribution in [2.45, 2.75) is 4.34 Å². The van der Waals surface area contributed by atoms with Gasteiger partial charge in [0.1, 0.15) is 11.4 Å². The summed E-state index contributed by atoms with van der Waals surface area (Å²) < 4.78 is 13.6. The molecule has 0 bridgehead atoms. The van der Waals surface area contributed by atoms with E-state index < -0.39 is 11.4 Å². The highest BCUT2D eigenvalue weighted by Gasteiger charge is 2.24. The predicted octanol–water partition coefficient (Wildman–Crippen LogP) is 0.240. The zero-order valence-electron chi connectivity index (χ0n) is 10.4. The Hall–Kier alpha value is -0.900. The van der Waals surface area contributed by atoms with Gasteiger partial charge in [0, 0.05) is 35.2 Å². The second-order valence-corrected chi connectivity index (χ2v) is 6.48. The van der Waals surface area contributed by atoms with Crippen LogP contribution >= 0.6 is 11.3 Å². The van der Waals surface area contributed by atoms with Crippen LogP contribution in [0.25, 0.3) is 0 Å². The summed E-state index contributed by atoms with van der Waals surface area (Å²) in [7, 11) is 8.28. The predicted molar refractivity (Wildman–Crippen MR) is 67.5 cm³/mol. The molecule has 1 heterocycles. The number of nitrogens with zero attached hydrogens (tertiary/aromatic N) is 5. The van der Waals surface area contributed by atoms with Crippen molar-refractivity contribution in [2.24, 2.45) is 0 Å². The first kappa shape index (κ1) is 14.2. The van der Waals surface area contributed by atoms with Gasteiger partial charge in [0.2, 0.25) is 5.13 Å². The molecule has 0 radical (unpaired) electrons. The molecule has 0 aliphatic rings. The smallest absolute Gasteiger partial charge is 0.345 e. The molecule has 0 saturated carbocycles. The molecule has 0 saturated heterocycles. The quantitative estimate of drug-likeness (QED) is 0.584. The summed E-state index contributed by atoms with van der Waals surface area (Å²) in [6.07, 6.45) is 0. The van der Waals surface area contributed by atoms with Gasteiger partial charge in [0.05, 0.1) is 0 Å². The average molecular weight is 277 g/mol.